The van der Waals surface area contributed by atoms with E-state index in [0.29, 0.717) is 31.6 Å². The SMILES string of the molecule is Nc1cc(N2CCC(F)CC2)ccc1O. The maximum absolute atomic E-state index is 12.9. The van der Waals surface area contributed by atoms with Crippen LogP contribution in [0.4, 0.5) is 15.8 Å². The molecule has 0 radical (unpaired) electrons. The fraction of sp³-hybridized carbons (Fsp3) is 0.455. The number of hydrogen-bond acceptors (Lipinski definition) is 3. The Hall–Kier alpha value is -1.45. The van der Waals surface area contributed by atoms with Gasteiger partial charge in [-0.25, -0.2) is 4.39 Å². The van der Waals surface area contributed by atoms with Crippen molar-refractivity contribution in [2.75, 3.05) is 23.7 Å². The lowest BCUT2D eigenvalue weighted by molar-refractivity contribution is 0.277. The molecule has 82 valence electrons. The summed E-state index contributed by atoms with van der Waals surface area (Å²) >= 11 is 0. The van der Waals surface area contributed by atoms with Crippen LogP contribution in [0.15, 0.2) is 18.2 Å². The zero-order valence-corrected chi connectivity index (χ0v) is 8.49. The summed E-state index contributed by atoms with van der Waals surface area (Å²) in [4.78, 5) is 2.09. The molecule has 0 aliphatic carbocycles. The summed E-state index contributed by atoms with van der Waals surface area (Å²) in [5.41, 5.74) is 6.93. The Balaban J connectivity index is 2.12. The number of halogens is 1. The number of anilines is 2. The number of phenolic OH excluding ortho intramolecular Hbond substituents is 1. The molecule has 0 unspecified atom stereocenters. The van der Waals surface area contributed by atoms with E-state index in [1.807, 2.05) is 6.07 Å². The Labute approximate surface area is 88.3 Å². The van der Waals surface area contributed by atoms with Crippen LogP contribution in [0.3, 0.4) is 0 Å². The number of hydrogen-bond donors (Lipinski definition) is 2. The third-order valence-electron chi connectivity index (χ3n) is 2.80. The minimum absolute atomic E-state index is 0.0964. The van der Waals surface area contributed by atoms with Gasteiger partial charge in [0, 0.05) is 18.8 Å². The predicted octanol–water partition coefficient (Wildman–Crippen LogP) is 1.91. The summed E-state index contributed by atoms with van der Waals surface area (Å²) in [6, 6.07) is 5.12. The van der Waals surface area contributed by atoms with Crippen LogP contribution in [-0.2, 0) is 0 Å². The zero-order valence-electron chi connectivity index (χ0n) is 8.49. The fourth-order valence-electron chi connectivity index (χ4n) is 1.84. The monoisotopic (exact) mass is 210 g/mol. The van der Waals surface area contributed by atoms with Crippen LogP contribution in [0.5, 0.6) is 5.75 Å². The Morgan fingerprint density at radius 2 is 2.00 bits per heavy atom. The lowest BCUT2D eigenvalue weighted by Gasteiger charge is -2.30. The van der Waals surface area contributed by atoms with Crippen molar-refractivity contribution in [3.63, 3.8) is 0 Å². The van der Waals surface area contributed by atoms with Gasteiger partial charge in [0.2, 0.25) is 0 Å². The molecule has 3 N–H and O–H groups in total. The van der Waals surface area contributed by atoms with E-state index in [9.17, 15) is 9.50 Å². The minimum atomic E-state index is -0.671. The van der Waals surface area contributed by atoms with Gasteiger partial charge in [0.1, 0.15) is 11.9 Å². The van der Waals surface area contributed by atoms with Crippen molar-refractivity contribution >= 4 is 11.4 Å². The van der Waals surface area contributed by atoms with E-state index in [2.05, 4.69) is 4.90 Å². The number of nitrogens with two attached hydrogens (primary N) is 1. The number of alkyl halides is 1. The second-order valence-electron chi connectivity index (χ2n) is 3.90. The lowest BCUT2D eigenvalue weighted by Crippen LogP contribution is -2.34. The maximum atomic E-state index is 12.9. The standard InChI is InChI=1S/C11H15FN2O/c12-8-3-5-14(6-4-8)9-1-2-11(15)10(13)7-9/h1-2,7-8,15H,3-6,13H2. The molecule has 4 heteroatoms. The van der Waals surface area contributed by atoms with E-state index in [-0.39, 0.29) is 5.75 Å². The molecule has 1 aliphatic rings. The van der Waals surface area contributed by atoms with Crippen LogP contribution in [-0.4, -0.2) is 24.4 Å². The van der Waals surface area contributed by atoms with Gasteiger partial charge in [0.15, 0.2) is 0 Å². The summed E-state index contributed by atoms with van der Waals surface area (Å²) in [7, 11) is 0. The fourth-order valence-corrected chi connectivity index (χ4v) is 1.84. The van der Waals surface area contributed by atoms with Crippen molar-refractivity contribution in [3.05, 3.63) is 18.2 Å². The first-order chi connectivity index (χ1) is 7.16. The number of phenols is 1. The summed E-state index contributed by atoms with van der Waals surface area (Å²) in [6.45, 7) is 1.43. The maximum Gasteiger partial charge on any atom is 0.138 e. The molecule has 1 heterocycles. The molecule has 2 rings (SSSR count). The Morgan fingerprint density at radius 3 is 2.60 bits per heavy atom. The van der Waals surface area contributed by atoms with Crippen LogP contribution in [0, 0.1) is 0 Å². The Kier molecular flexibility index (Phi) is 2.66. The van der Waals surface area contributed by atoms with Crippen LogP contribution in [0.2, 0.25) is 0 Å². The molecule has 1 aliphatic heterocycles. The van der Waals surface area contributed by atoms with Gasteiger partial charge in [0.25, 0.3) is 0 Å². The van der Waals surface area contributed by atoms with E-state index >= 15 is 0 Å². The second-order valence-corrected chi connectivity index (χ2v) is 3.90. The van der Waals surface area contributed by atoms with E-state index in [0.717, 1.165) is 5.69 Å². The minimum Gasteiger partial charge on any atom is -0.506 e. The Morgan fingerprint density at radius 1 is 1.33 bits per heavy atom. The summed E-state index contributed by atoms with van der Waals surface area (Å²) < 4.78 is 12.9. The third-order valence-corrected chi connectivity index (χ3v) is 2.80. The van der Waals surface area contributed by atoms with Gasteiger partial charge in [-0.2, -0.15) is 0 Å². The van der Waals surface area contributed by atoms with Gasteiger partial charge < -0.3 is 15.7 Å². The molecular formula is C11H15FN2O. The van der Waals surface area contributed by atoms with Crippen LogP contribution in [0.1, 0.15) is 12.8 Å². The summed E-state index contributed by atoms with van der Waals surface area (Å²) in [5.74, 6) is 0.0964. The van der Waals surface area contributed by atoms with E-state index < -0.39 is 6.17 Å². The first-order valence-electron chi connectivity index (χ1n) is 5.14. The number of nitrogens with zero attached hydrogens (tertiary/aromatic N) is 1. The average molecular weight is 210 g/mol. The smallest absolute Gasteiger partial charge is 0.138 e. The molecule has 1 saturated heterocycles. The molecule has 0 atom stereocenters. The Bertz CT molecular complexity index is 348. The summed E-state index contributed by atoms with van der Waals surface area (Å²) in [6.07, 6.45) is 0.470. The molecule has 0 bridgehead atoms. The van der Waals surface area contributed by atoms with Crippen molar-refractivity contribution in [2.45, 2.75) is 19.0 Å². The van der Waals surface area contributed by atoms with Gasteiger partial charge >= 0.3 is 0 Å². The van der Waals surface area contributed by atoms with Crippen molar-refractivity contribution < 1.29 is 9.50 Å². The first kappa shape index (κ1) is 10.1. The van der Waals surface area contributed by atoms with Crippen molar-refractivity contribution in [2.24, 2.45) is 0 Å². The highest BCUT2D eigenvalue weighted by atomic mass is 19.1. The number of piperidine rings is 1. The highest BCUT2D eigenvalue weighted by Crippen LogP contribution is 2.28. The summed E-state index contributed by atoms with van der Waals surface area (Å²) in [5, 5.41) is 9.28. The zero-order chi connectivity index (χ0) is 10.8. The number of benzene rings is 1. The quantitative estimate of drug-likeness (QED) is 0.550. The van der Waals surface area contributed by atoms with Crippen molar-refractivity contribution in [1.29, 1.82) is 0 Å². The number of aromatic hydroxyl groups is 1. The van der Waals surface area contributed by atoms with Gasteiger partial charge in [-0.05, 0) is 31.0 Å². The number of nitrogen functional groups attached to an aromatic ring is 1. The molecule has 0 saturated carbocycles. The molecule has 0 amide bonds. The molecule has 3 nitrogen and oxygen atoms in total. The lowest BCUT2D eigenvalue weighted by atomic mass is 10.1. The van der Waals surface area contributed by atoms with E-state index in [1.54, 1.807) is 12.1 Å². The van der Waals surface area contributed by atoms with Crippen molar-refractivity contribution in [3.8, 4) is 5.75 Å². The van der Waals surface area contributed by atoms with Crippen LogP contribution >= 0.6 is 0 Å². The van der Waals surface area contributed by atoms with Gasteiger partial charge in [-0.15, -0.1) is 0 Å². The largest absolute Gasteiger partial charge is 0.506 e. The van der Waals surface area contributed by atoms with Gasteiger partial charge in [-0.3, -0.25) is 0 Å². The third kappa shape index (κ3) is 2.14. The molecule has 0 aromatic heterocycles. The van der Waals surface area contributed by atoms with Gasteiger partial charge in [-0.1, -0.05) is 0 Å². The molecule has 1 aromatic carbocycles. The molecule has 1 aromatic rings. The molecule has 15 heavy (non-hydrogen) atoms. The second kappa shape index (κ2) is 3.96. The van der Waals surface area contributed by atoms with E-state index in [1.165, 1.54) is 0 Å². The normalized spacial score (nSPS) is 18.1. The van der Waals surface area contributed by atoms with Crippen LogP contribution in [0.25, 0.3) is 0 Å². The highest BCUT2D eigenvalue weighted by Gasteiger charge is 2.18. The topological polar surface area (TPSA) is 49.5 Å². The van der Waals surface area contributed by atoms with Crippen molar-refractivity contribution in [1.82, 2.24) is 0 Å². The molecule has 1 fully saturated rings. The average Bonchev–Trinajstić information content (AvgIpc) is 2.23. The molecular weight excluding hydrogens is 195 g/mol. The van der Waals surface area contributed by atoms with Crippen LogP contribution < -0.4 is 10.6 Å². The van der Waals surface area contributed by atoms with E-state index in [4.69, 9.17) is 5.73 Å². The first-order valence-corrected chi connectivity index (χ1v) is 5.14. The van der Waals surface area contributed by atoms with Gasteiger partial charge in [0.05, 0.1) is 5.69 Å². The molecule has 0 spiro atoms. The highest BCUT2D eigenvalue weighted by molar-refractivity contribution is 5.62. The number of rotatable bonds is 1. The predicted molar refractivity (Wildman–Crippen MR) is 58.9 cm³/mol.